The molecule has 0 amide bonds. The highest BCUT2D eigenvalue weighted by molar-refractivity contribution is 6.11. The molecule has 9 aromatic rings. The molecule has 0 N–H and O–H groups in total. The van der Waals surface area contributed by atoms with Gasteiger partial charge in [-0.2, -0.15) is 0 Å². The molecule has 4 heteroatoms. The van der Waals surface area contributed by atoms with E-state index in [0.29, 0.717) is 22.8 Å². The minimum absolute atomic E-state index is 0.0353. The highest BCUT2D eigenvalue weighted by atomic mass is 15.0. The molecule has 2 heterocycles. The summed E-state index contributed by atoms with van der Waals surface area (Å²) < 4.78 is 56.9. The van der Waals surface area contributed by atoms with Gasteiger partial charge in [-0.1, -0.05) is 127 Å². The largest absolute Gasteiger partial charge is 0.309 e. The van der Waals surface area contributed by atoms with Crippen LogP contribution in [0, 0.1) is 0 Å². The number of aromatic nitrogens is 4. The summed E-state index contributed by atoms with van der Waals surface area (Å²) in [5.74, 6) is 0.695. The monoisotopic (exact) mass is 580 g/mol. The zero-order valence-electron chi connectivity index (χ0n) is 29.8. The Bertz CT molecular complexity index is 2830. The van der Waals surface area contributed by atoms with Crippen molar-refractivity contribution in [1.29, 1.82) is 0 Å². The Morgan fingerprint density at radius 2 is 1.04 bits per heavy atom. The van der Waals surface area contributed by atoms with Crippen molar-refractivity contribution in [2.75, 3.05) is 0 Å². The van der Waals surface area contributed by atoms with Crippen LogP contribution in [0.15, 0.2) is 158 Å². The van der Waals surface area contributed by atoms with Crippen LogP contribution in [0.25, 0.3) is 83.2 Å². The Balaban J connectivity index is 1.42. The van der Waals surface area contributed by atoms with Crippen molar-refractivity contribution < 1.29 is 8.22 Å². The highest BCUT2D eigenvalue weighted by Crippen LogP contribution is 2.38. The van der Waals surface area contributed by atoms with E-state index in [9.17, 15) is 5.48 Å². The number of rotatable bonds is 4. The summed E-state index contributed by atoms with van der Waals surface area (Å²) in [5, 5.41) is 4.05. The highest BCUT2D eigenvalue weighted by Gasteiger charge is 2.18. The zero-order valence-corrected chi connectivity index (χ0v) is 23.8. The summed E-state index contributed by atoms with van der Waals surface area (Å²) in [6, 6.07) is 36.6. The van der Waals surface area contributed by atoms with Gasteiger partial charge in [0, 0.05) is 32.8 Å². The molecule has 7 aromatic carbocycles. The van der Waals surface area contributed by atoms with Gasteiger partial charge in [-0.3, -0.25) is 0 Å². The first-order valence-electron chi connectivity index (χ1n) is 17.6. The number of benzene rings is 7. The van der Waals surface area contributed by atoms with Gasteiger partial charge in [-0.25, -0.2) is 15.0 Å². The lowest BCUT2D eigenvalue weighted by Gasteiger charge is -2.15. The SMILES string of the molecule is [2H]c1c([2H])c([2H])c2c(-n3c4ccccc4c4ccccc43)c([2H])c([2H])c(-c3nc(-c4ccccc4)nc(-c4ccc5ccccc5c4)n3)c2c1[2H]. The first kappa shape index (κ1) is 19.9. The van der Waals surface area contributed by atoms with Gasteiger partial charge < -0.3 is 4.57 Å². The van der Waals surface area contributed by atoms with Crippen LogP contribution in [0.1, 0.15) is 8.22 Å². The lowest BCUT2D eigenvalue weighted by molar-refractivity contribution is 1.08. The maximum absolute atomic E-state index is 9.58. The molecule has 0 fully saturated rings. The van der Waals surface area contributed by atoms with E-state index in [0.717, 1.165) is 32.6 Å². The molecule has 9 rings (SSSR count). The molecule has 2 aromatic heterocycles. The van der Waals surface area contributed by atoms with Crippen molar-refractivity contribution in [2.24, 2.45) is 0 Å². The predicted molar refractivity (Wildman–Crippen MR) is 185 cm³/mol. The van der Waals surface area contributed by atoms with E-state index < -0.39 is 12.1 Å². The Labute approximate surface area is 268 Å². The molecule has 0 unspecified atom stereocenters. The molecular weight excluding hydrogens is 548 g/mol. The van der Waals surface area contributed by atoms with Crippen molar-refractivity contribution in [3.05, 3.63) is 158 Å². The molecule has 0 radical (unpaired) electrons. The normalized spacial score (nSPS) is 13.4. The number of hydrogen-bond donors (Lipinski definition) is 0. The van der Waals surface area contributed by atoms with Gasteiger partial charge in [0.25, 0.3) is 0 Å². The third-order valence-corrected chi connectivity index (χ3v) is 8.18. The third kappa shape index (κ3) is 4.19. The Hall–Kier alpha value is -6.13. The van der Waals surface area contributed by atoms with Crippen molar-refractivity contribution in [3.63, 3.8) is 0 Å². The van der Waals surface area contributed by atoms with Crippen LogP contribution in [0.4, 0.5) is 0 Å². The maximum Gasteiger partial charge on any atom is 0.164 e. The first-order chi connectivity index (χ1) is 24.8. The summed E-state index contributed by atoms with van der Waals surface area (Å²) in [6.07, 6.45) is 0. The van der Waals surface area contributed by atoms with E-state index >= 15 is 0 Å². The second-order valence-electron chi connectivity index (χ2n) is 10.8. The molecule has 0 aliphatic rings. The smallest absolute Gasteiger partial charge is 0.164 e. The van der Waals surface area contributed by atoms with E-state index in [-0.39, 0.29) is 52.0 Å². The molecular formula is C41H26N4. The van der Waals surface area contributed by atoms with Gasteiger partial charge in [-0.05, 0) is 46.4 Å². The van der Waals surface area contributed by atoms with Crippen molar-refractivity contribution in [2.45, 2.75) is 0 Å². The third-order valence-electron chi connectivity index (χ3n) is 8.18. The number of fused-ring (bicyclic) bond motifs is 5. The number of nitrogens with zero attached hydrogens (tertiary/aromatic N) is 4. The molecule has 45 heavy (non-hydrogen) atoms. The quantitative estimate of drug-likeness (QED) is 0.208. The van der Waals surface area contributed by atoms with E-state index in [1.54, 1.807) is 0 Å². The minimum Gasteiger partial charge on any atom is -0.309 e. The summed E-state index contributed by atoms with van der Waals surface area (Å²) in [4.78, 5) is 14.6. The molecule has 4 nitrogen and oxygen atoms in total. The Morgan fingerprint density at radius 1 is 0.444 bits per heavy atom. The average Bonchev–Trinajstić information content (AvgIpc) is 3.51. The molecule has 0 aliphatic carbocycles. The lowest BCUT2D eigenvalue weighted by atomic mass is 10.0. The fourth-order valence-electron chi connectivity index (χ4n) is 6.08. The Kier molecular flexibility index (Phi) is 4.54. The topological polar surface area (TPSA) is 43.6 Å². The van der Waals surface area contributed by atoms with Crippen LogP contribution in [0.3, 0.4) is 0 Å². The van der Waals surface area contributed by atoms with Crippen LogP contribution in [0.5, 0.6) is 0 Å². The second-order valence-corrected chi connectivity index (χ2v) is 10.8. The summed E-state index contributed by atoms with van der Waals surface area (Å²) in [5.41, 5.74) is 3.13. The minimum atomic E-state index is -0.453. The van der Waals surface area contributed by atoms with Gasteiger partial charge in [-0.15, -0.1) is 0 Å². The van der Waals surface area contributed by atoms with E-state index in [2.05, 4.69) is 0 Å². The van der Waals surface area contributed by atoms with Gasteiger partial charge in [0.2, 0.25) is 0 Å². The van der Waals surface area contributed by atoms with Crippen molar-refractivity contribution in [1.82, 2.24) is 19.5 Å². The van der Waals surface area contributed by atoms with Gasteiger partial charge in [0.15, 0.2) is 17.5 Å². The number of para-hydroxylation sites is 2. The van der Waals surface area contributed by atoms with Crippen LogP contribution in [-0.2, 0) is 0 Å². The first-order valence-corrected chi connectivity index (χ1v) is 14.6. The molecule has 0 saturated heterocycles. The fraction of sp³-hybridized carbons (Fsp3) is 0. The van der Waals surface area contributed by atoms with Crippen LogP contribution in [-0.4, -0.2) is 19.5 Å². The van der Waals surface area contributed by atoms with E-state index in [1.165, 1.54) is 0 Å². The molecule has 210 valence electrons. The lowest BCUT2D eigenvalue weighted by Crippen LogP contribution is -2.01. The van der Waals surface area contributed by atoms with Crippen molar-refractivity contribution >= 4 is 43.4 Å². The molecule has 0 spiro atoms. The maximum atomic E-state index is 9.58. The van der Waals surface area contributed by atoms with E-state index in [1.807, 2.05) is 126 Å². The Morgan fingerprint density at radius 3 is 1.80 bits per heavy atom. The summed E-state index contributed by atoms with van der Waals surface area (Å²) in [7, 11) is 0. The standard InChI is InChI=1S/C41H26N4/c1-2-13-28(14-3-1)39-42-40(30-23-22-27-12-4-5-15-29(27)26-30)44-41(43-39)35-24-25-38(32-17-7-6-16-31(32)35)45-36-20-10-8-18-33(36)34-19-9-11-21-37(34)45/h1-26H/i6D,7D,16D,17D,24D,25D. The molecule has 0 saturated carbocycles. The van der Waals surface area contributed by atoms with E-state index in [4.69, 9.17) is 17.7 Å². The average molecular weight is 581 g/mol. The van der Waals surface area contributed by atoms with Gasteiger partial charge in [0.1, 0.15) is 0 Å². The summed E-state index contributed by atoms with van der Waals surface area (Å²) >= 11 is 0. The fourth-order valence-corrected chi connectivity index (χ4v) is 6.08. The van der Waals surface area contributed by atoms with Gasteiger partial charge >= 0.3 is 0 Å². The van der Waals surface area contributed by atoms with Crippen LogP contribution in [0.2, 0.25) is 0 Å². The molecule has 0 aliphatic heterocycles. The zero-order chi connectivity index (χ0) is 35.0. The summed E-state index contributed by atoms with van der Waals surface area (Å²) in [6.45, 7) is 0. The second kappa shape index (κ2) is 10.2. The van der Waals surface area contributed by atoms with Gasteiger partial charge in [0.05, 0.1) is 24.9 Å². The predicted octanol–water partition coefficient (Wildman–Crippen LogP) is 10.3. The van der Waals surface area contributed by atoms with Crippen molar-refractivity contribution in [3.8, 4) is 39.9 Å². The molecule has 0 bridgehead atoms. The molecule has 0 atom stereocenters. The van der Waals surface area contributed by atoms with Crippen LogP contribution < -0.4 is 0 Å². The number of hydrogen-bond acceptors (Lipinski definition) is 3. The van der Waals surface area contributed by atoms with Crippen LogP contribution >= 0.6 is 0 Å².